The molecule has 4 heterocycles. The number of nitrogens with zero attached hydrogens (tertiary/aromatic N) is 2. The van der Waals surface area contributed by atoms with Crippen molar-refractivity contribution in [2.24, 2.45) is 10.9 Å². The maximum Gasteiger partial charge on any atom is 0.253 e. The van der Waals surface area contributed by atoms with Crippen molar-refractivity contribution in [1.29, 1.82) is 0 Å². The standard InChI is InChI=1S/C21H20N4O/c26-21-18-13-20(25-19(18)8-11-24-21)16-7-10-23-17(12-16)6-2-1-4-15-5-3-9-22-14-15/h1-4,6-7,9-10,12-15,25H,5,8,11H2,(H,24,26)/b4-1+,6-2-. The van der Waals surface area contributed by atoms with Crippen LogP contribution in [0.1, 0.15) is 28.2 Å². The van der Waals surface area contributed by atoms with E-state index in [1.54, 1.807) is 6.20 Å². The van der Waals surface area contributed by atoms with E-state index < -0.39 is 0 Å². The van der Waals surface area contributed by atoms with E-state index in [2.05, 4.69) is 32.4 Å². The van der Waals surface area contributed by atoms with Crippen molar-refractivity contribution >= 4 is 18.2 Å². The van der Waals surface area contributed by atoms with Crippen molar-refractivity contribution in [2.45, 2.75) is 12.8 Å². The van der Waals surface area contributed by atoms with Gasteiger partial charge >= 0.3 is 0 Å². The summed E-state index contributed by atoms with van der Waals surface area (Å²) in [6.07, 6.45) is 17.6. The molecule has 5 heteroatoms. The van der Waals surface area contributed by atoms with Crippen LogP contribution in [-0.4, -0.2) is 28.6 Å². The molecular formula is C21H20N4O. The van der Waals surface area contributed by atoms with Gasteiger partial charge in [-0.3, -0.25) is 14.8 Å². The van der Waals surface area contributed by atoms with Gasteiger partial charge in [-0.2, -0.15) is 0 Å². The van der Waals surface area contributed by atoms with E-state index in [0.29, 0.717) is 12.5 Å². The third-order valence-electron chi connectivity index (χ3n) is 4.51. The summed E-state index contributed by atoms with van der Waals surface area (Å²) in [5.41, 5.74) is 4.59. The van der Waals surface area contributed by atoms with Crippen molar-refractivity contribution < 1.29 is 4.79 Å². The molecule has 0 aromatic carbocycles. The molecule has 5 nitrogen and oxygen atoms in total. The van der Waals surface area contributed by atoms with Crippen LogP contribution in [0.2, 0.25) is 0 Å². The number of nitrogens with one attached hydrogen (secondary N) is 2. The lowest BCUT2D eigenvalue weighted by Gasteiger charge is -2.10. The molecule has 2 aliphatic rings. The highest BCUT2D eigenvalue weighted by atomic mass is 16.1. The number of rotatable bonds is 4. The van der Waals surface area contributed by atoms with Gasteiger partial charge in [0.2, 0.25) is 0 Å². The minimum absolute atomic E-state index is 0.00541. The van der Waals surface area contributed by atoms with Gasteiger partial charge in [0.15, 0.2) is 0 Å². The smallest absolute Gasteiger partial charge is 0.253 e. The summed E-state index contributed by atoms with van der Waals surface area (Å²) in [7, 11) is 0. The summed E-state index contributed by atoms with van der Waals surface area (Å²) in [4.78, 5) is 23.8. The van der Waals surface area contributed by atoms with Crippen LogP contribution in [0, 0.1) is 5.92 Å². The second-order valence-corrected chi connectivity index (χ2v) is 6.38. The first-order valence-corrected chi connectivity index (χ1v) is 8.79. The van der Waals surface area contributed by atoms with Gasteiger partial charge in [0, 0.05) is 54.4 Å². The Balaban J connectivity index is 1.49. The number of carbonyl (C=O) groups excluding carboxylic acids is 1. The van der Waals surface area contributed by atoms with Crippen molar-refractivity contribution in [2.75, 3.05) is 6.54 Å². The van der Waals surface area contributed by atoms with Crippen molar-refractivity contribution in [1.82, 2.24) is 15.3 Å². The van der Waals surface area contributed by atoms with Gasteiger partial charge in [-0.05, 0) is 30.7 Å². The summed E-state index contributed by atoms with van der Waals surface area (Å²) in [5.74, 6) is 0.356. The van der Waals surface area contributed by atoms with E-state index in [9.17, 15) is 4.79 Å². The van der Waals surface area contributed by atoms with E-state index >= 15 is 0 Å². The van der Waals surface area contributed by atoms with Crippen LogP contribution in [0.4, 0.5) is 0 Å². The summed E-state index contributed by atoms with van der Waals surface area (Å²) < 4.78 is 0. The number of H-pyrrole nitrogens is 1. The van der Waals surface area contributed by atoms with E-state index in [-0.39, 0.29) is 5.91 Å². The van der Waals surface area contributed by atoms with E-state index in [4.69, 9.17) is 0 Å². The first-order valence-electron chi connectivity index (χ1n) is 8.79. The average Bonchev–Trinajstić information content (AvgIpc) is 3.12. The molecule has 1 atom stereocenters. The number of aromatic nitrogens is 2. The Kier molecular flexibility index (Phi) is 4.60. The predicted octanol–water partition coefficient (Wildman–Crippen LogP) is 3.54. The van der Waals surface area contributed by atoms with Crippen LogP contribution in [0.25, 0.3) is 17.3 Å². The van der Waals surface area contributed by atoms with Crippen LogP contribution >= 0.6 is 0 Å². The maximum atomic E-state index is 11.9. The van der Waals surface area contributed by atoms with Gasteiger partial charge < -0.3 is 10.3 Å². The Morgan fingerprint density at radius 2 is 2.19 bits per heavy atom. The highest BCUT2D eigenvalue weighted by Gasteiger charge is 2.19. The van der Waals surface area contributed by atoms with Crippen molar-refractivity contribution in [3.8, 4) is 11.3 Å². The number of aliphatic imine (C=N–C) groups is 1. The largest absolute Gasteiger partial charge is 0.358 e. The minimum atomic E-state index is -0.00541. The van der Waals surface area contributed by atoms with E-state index in [0.717, 1.165) is 41.1 Å². The molecule has 4 rings (SSSR count). The monoisotopic (exact) mass is 344 g/mol. The lowest BCUT2D eigenvalue weighted by Crippen LogP contribution is -2.31. The summed E-state index contributed by atoms with van der Waals surface area (Å²) in [6.45, 7) is 0.684. The number of carbonyl (C=O) groups is 1. The Hall–Kier alpha value is -3.21. The molecule has 0 radical (unpaired) electrons. The molecule has 0 saturated carbocycles. The van der Waals surface area contributed by atoms with E-state index in [1.165, 1.54) is 0 Å². The molecule has 0 spiro atoms. The summed E-state index contributed by atoms with van der Waals surface area (Å²) in [6, 6.07) is 5.89. The lowest BCUT2D eigenvalue weighted by molar-refractivity contribution is 0.0946. The number of fused-ring (bicyclic) bond motifs is 1. The molecule has 2 N–H and O–H groups in total. The molecule has 2 aliphatic heterocycles. The Bertz CT molecular complexity index is 933. The molecule has 0 aliphatic carbocycles. The number of amides is 1. The molecule has 0 saturated heterocycles. The zero-order chi connectivity index (χ0) is 17.8. The maximum absolute atomic E-state index is 11.9. The van der Waals surface area contributed by atoms with Crippen molar-refractivity contribution in [3.05, 3.63) is 71.9 Å². The molecule has 26 heavy (non-hydrogen) atoms. The fourth-order valence-electron chi connectivity index (χ4n) is 3.15. The van der Waals surface area contributed by atoms with Crippen LogP contribution in [-0.2, 0) is 6.42 Å². The summed E-state index contributed by atoms with van der Waals surface area (Å²) in [5, 5.41) is 2.87. The zero-order valence-electron chi connectivity index (χ0n) is 14.4. The number of aromatic amines is 1. The molecule has 130 valence electrons. The second-order valence-electron chi connectivity index (χ2n) is 6.38. The summed E-state index contributed by atoms with van der Waals surface area (Å²) >= 11 is 0. The number of hydrogen-bond acceptors (Lipinski definition) is 3. The van der Waals surface area contributed by atoms with Crippen molar-refractivity contribution in [3.63, 3.8) is 0 Å². The van der Waals surface area contributed by atoms with Gasteiger partial charge in [0.1, 0.15) is 0 Å². The molecular weight excluding hydrogens is 324 g/mol. The first-order chi connectivity index (χ1) is 12.8. The quantitative estimate of drug-likeness (QED) is 0.833. The highest BCUT2D eigenvalue weighted by molar-refractivity contribution is 5.97. The van der Waals surface area contributed by atoms with Gasteiger partial charge in [0.25, 0.3) is 5.91 Å². The fraction of sp³-hybridized carbons (Fsp3) is 0.190. The van der Waals surface area contributed by atoms with E-state index in [1.807, 2.05) is 48.8 Å². The topological polar surface area (TPSA) is 70.1 Å². The molecule has 1 amide bonds. The SMILES string of the molecule is O=C1NCCc2[nH]c(-c3ccnc(/C=C\C=C\C4C=NC=CC4)c3)cc21. The van der Waals surface area contributed by atoms with Crippen LogP contribution < -0.4 is 5.32 Å². The van der Waals surface area contributed by atoms with Gasteiger partial charge in [0.05, 0.1) is 11.3 Å². The second kappa shape index (κ2) is 7.35. The lowest BCUT2D eigenvalue weighted by atomic mass is 10.1. The Labute approximate surface area is 152 Å². The Morgan fingerprint density at radius 3 is 3.04 bits per heavy atom. The van der Waals surface area contributed by atoms with Crippen LogP contribution in [0.3, 0.4) is 0 Å². The molecule has 2 aromatic heterocycles. The first kappa shape index (κ1) is 16.3. The zero-order valence-corrected chi connectivity index (χ0v) is 14.4. The fourth-order valence-corrected chi connectivity index (χ4v) is 3.15. The average molecular weight is 344 g/mol. The van der Waals surface area contributed by atoms with Gasteiger partial charge in [-0.1, -0.05) is 24.3 Å². The molecule has 2 aromatic rings. The number of allylic oxidation sites excluding steroid dienone is 4. The Morgan fingerprint density at radius 1 is 1.23 bits per heavy atom. The number of hydrogen-bond donors (Lipinski definition) is 2. The minimum Gasteiger partial charge on any atom is -0.358 e. The third-order valence-corrected chi connectivity index (χ3v) is 4.51. The highest BCUT2D eigenvalue weighted by Crippen LogP contribution is 2.24. The van der Waals surface area contributed by atoms with Crippen LogP contribution in [0.5, 0.6) is 0 Å². The number of pyridine rings is 1. The molecule has 0 bridgehead atoms. The van der Waals surface area contributed by atoms with Crippen LogP contribution in [0.15, 0.2) is 59.9 Å². The molecule has 0 fully saturated rings. The third kappa shape index (κ3) is 3.57. The predicted molar refractivity (Wildman–Crippen MR) is 104 cm³/mol. The molecule has 1 unspecified atom stereocenters. The normalized spacial score (nSPS) is 19.2. The van der Waals surface area contributed by atoms with Gasteiger partial charge in [-0.15, -0.1) is 0 Å². The van der Waals surface area contributed by atoms with Gasteiger partial charge in [-0.25, -0.2) is 0 Å².